The number of carbonyl (C=O) groups is 1. The minimum atomic E-state index is -3.65. The molecule has 162 valence electrons. The maximum Gasteiger partial charge on any atom is 0.272 e. The van der Waals surface area contributed by atoms with Crippen LogP contribution in [0.15, 0.2) is 53.4 Å². The molecule has 0 fully saturated rings. The lowest BCUT2D eigenvalue weighted by molar-refractivity contribution is 0.0943. The Labute approximate surface area is 182 Å². The largest absolute Gasteiger partial charge is 0.347 e. The summed E-state index contributed by atoms with van der Waals surface area (Å²) in [6.07, 6.45) is 0.509. The molecule has 4 rings (SSSR count). The van der Waals surface area contributed by atoms with Gasteiger partial charge in [0.25, 0.3) is 5.91 Å². The standard InChI is InChI=1S/C23H26N4O3S/c1-16-7-9-19(10-8-16)31(29,30)27-12-11-21-20(15-27)22(25-26(21)3)23(28)24-14-18-6-4-5-17(2)13-18/h4-10,13H,11-12,14-15H2,1-3H3,(H,24,28). The summed E-state index contributed by atoms with van der Waals surface area (Å²) in [6.45, 7) is 4.79. The zero-order chi connectivity index (χ0) is 22.2. The maximum absolute atomic E-state index is 13.1. The lowest BCUT2D eigenvalue weighted by Crippen LogP contribution is -2.37. The normalized spacial score (nSPS) is 14.3. The molecule has 1 aromatic heterocycles. The van der Waals surface area contributed by atoms with E-state index >= 15 is 0 Å². The Kier molecular flexibility index (Phi) is 5.68. The predicted octanol–water partition coefficient (Wildman–Crippen LogP) is 2.71. The molecule has 0 unspecified atom stereocenters. The average Bonchev–Trinajstić information content (AvgIpc) is 3.08. The molecule has 7 nitrogen and oxygen atoms in total. The van der Waals surface area contributed by atoms with Gasteiger partial charge >= 0.3 is 0 Å². The van der Waals surface area contributed by atoms with Crippen molar-refractivity contribution in [1.82, 2.24) is 19.4 Å². The lowest BCUT2D eigenvalue weighted by Gasteiger charge is -2.27. The first-order valence-electron chi connectivity index (χ1n) is 10.2. The van der Waals surface area contributed by atoms with E-state index in [9.17, 15) is 13.2 Å². The Balaban J connectivity index is 1.56. The van der Waals surface area contributed by atoms with Gasteiger partial charge in [-0.2, -0.15) is 9.40 Å². The molecular formula is C23H26N4O3S. The van der Waals surface area contributed by atoms with E-state index in [1.165, 1.54) is 4.31 Å². The summed E-state index contributed by atoms with van der Waals surface area (Å²) in [5, 5.41) is 7.32. The Morgan fingerprint density at radius 2 is 1.84 bits per heavy atom. The number of fused-ring (bicyclic) bond motifs is 1. The van der Waals surface area contributed by atoms with Gasteiger partial charge in [0, 0.05) is 44.4 Å². The van der Waals surface area contributed by atoms with E-state index in [1.54, 1.807) is 36.0 Å². The van der Waals surface area contributed by atoms with Crippen LogP contribution in [-0.4, -0.2) is 35.0 Å². The maximum atomic E-state index is 13.1. The van der Waals surface area contributed by atoms with Gasteiger partial charge in [-0.25, -0.2) is 8.42 Å². The fraction of sp³-hybridized carbons (Fsp3) is 0.304. The van der Waals surface area contributed by atoms with Crippen LogP contribution < -0.4 is 5.32 Å². The van der Waals surface area contributed by atoms with Gasteiger partial charge in [0.15, 0.2) is 5.69 Å². The number of nitrogens with zero attached hydrogens (tertiary/aromatic N) is 3. The molecule has 8 heteroatoms. The van der Waals surface area contributed by atoms with Crippen molar-refractivity contribution in [3.63, 3.8) is 0 Å². The number of hydrogen-bond donors (Lipinski definition) is 1. The summed E-state index contributed by atoms with van der Waals surface area (Å²) in [6, 6.07) is 14.8. The summed E-state index contributed by atoms with van der Waals surface area (Å²) in [7, 11) is -1.86. The van der Waals surface area contributed by atoms with E-state index in [0.717, 1.165) is 22.4 Å². The highest BCUT2D eigenvalue weighted by molar-refractivity contribution is 7.89. The first-order valence-corrected chi connectivity index (χ1v) is 11.6. The van der Waals surface area contributed by atoms with E-state index in [4.69, 9.17) is 0 Å². The third-order valence-electron chi connectivity index (χ3n) is 5.62. The fourth-order valence-corrected chi connectivity index (χ4v) is 5.31. The smallest absolute Gasteiger partial charge is 0.272 e. The van der Waals surface area contributed by atoms with Crippen LogP contribution in [0.5, 0.6) is 0 Å². The number of sulfonamides is 1. The molecule has 2 heterocycles. The second kappa shape index (κ2) is 8.28. The first kappa shape index (κ1) is 21.3. The van der Waals surface area contributed by atoms with Gasteiger partial charge in [0.1, 0.15) is 0 Å². The molecular weight excluding hydrogens is 412 g/mol. The molecule has 1 N–H and O–H groups in total. The lowest BCUT2D eigenvalue weighted by atomic mass is 10.1. The van der Waals surface area contributed by atoms with Crippen molar-refractivity contribution in [2.75, 3.05) is 6.54 Å². The Bertz CT molecular complexity index is 1230. The molecule has 0 bridgehead atoms. The van der Waals surface area contributed by atoms with Crippen molar-refractivity contribution in [1.29, 1.82) is 0 Å². The molecule has 1 aliphatic rings. The number of carbonyl (C=O) groups excluding carboxylic acids is 1. The van der Waals surface area contributed by atoms with Crippen molar-refractivity contribution in [2.24, 2.45) is 7.05 Å². The highest BCUT2D eigenvalue weighted by Crippen LogP contribution is 2.27. The Morgan fingerprint density at radius 3 is 2.55 bits per heavy atom. The zero-order valence-electron chi connectivity index (χ0n) is 17.9. The summed E-state index contributed by atoms with van der Waals surface area (Å²) in [4.78, 5) is 13.2. The van der Waals surface area contributed by atoms with Crippen molar-refractivity contribution in [2.45, 2.75) is 38.3 Å². The van der Waals surface area contributed by atoms with Gasteiger partial charge in [-0.15, -0.1) is 0 Å². The van der Waals surface area contributed by atoms with E-state index in [-0.39, 0.29) is 23.0 Å². The van der Waals surface area contributed by atoms with Crippen LogP contribution in [0.25, 0.3) is 0 Å². The van der Waals surface area contributed by atoms with Crippen molar-refractivity contribution in [3.05, 3.63) is 82.2 Å². The molecule has 0 saturated heterocycles. The number of aryl methyl sites for hydroxylation is 3. The first-order chi connectivity index (χ1) is 14.8. The number of benzene rings is 2. The molecule has 0 radical (unpaired) electrons. The van der Waals surface area contributed by atoms with Gasteiger partial charge in [-0.05, 0) is 31.5 Å². The highest BCUT2D eigenvalue weighted by atomic mass is 32.2. The topological polar surface area (TPSA) is 84.3 Å². The van der Waals surface area contributed by atoms with Gasteiger partial charge in [-0.3, -0.25) is 9.48 Å². The van der Waals surface area contributed by atoms with Gasteiger partial charge < -0.3 is 5.32 Å². The van der Waals surface area contributed by atoms with Crippen LogP contribution in [0, 0.1) is 13.8 Å². The number of aromatic nitrogens is 2. The highest BCUT2D eigenvalue weighted by Gasteiger charge is 2.33. The number of nitrogens with one attached hydrogen (secondary N) is 1. The minimum absolute atomic E-state index is 0.132. The molecule has 0 aliphatic carbocycles. The van der Waals surface area contributed by atoms with Crippen LogP contribution in [0.4, 0.5) is 0 Å². The van der Waals surface area contributed by atoms with Crippen LogP contribution >= 0.6 is 0 Å². The van der Waals surface area contributed by atoms with E-state index in [0.29, 0.717) is 25.1 Å². The van der Waals surface area contributed by atoms with Crippen LogP contribution in [-0.2, 0) is 36.6 Å². The van der Waals surface area contributed by atoms with Crippen LogP contribution in [0.1, 0.15) is 38.4 Å². The molecule has 0 atom stereocenters. The molecule has 0 spiro atoms. The molecule has 2 aromatic carbocycles. The van der Waals surface area contributed by atoms with Crippen molar-refractivity contribution >= 4 is 15.9 Å². The van der Waals surface area contributed by atoms with Crippen molar-refractivity contribution < 1.29 is 13.2 Å². The van der Waals surface area contributed by atoms with Gasteiger partial charge in [0.05, 0.1) is 4.90 Å². The SMILES string of the molecule is Cc1ccc(S(=O)(=O)N2CCc3c(c(C(=O)NCc4cccc(C)c4)nn3C)C2)cc1. The van der Waals surface area contributed by atoms with E-state index in [2.05, 4.69) is 10.4 Å². The average molecular weight is 439 g/mol. The van der Waals surface area contributed by atoms with Gasteiger partial charge in [0.2, 0.25) is 10.0 Å². The fourth-order valence-electron chi connectivity index (χ4n) is 3.90. The summed E-state index contributed by atoms with van der Waals surface area (Å²) >= 11 is 0. The van der Waals surface area contributed by atoms with Crippen LogP contribution in [0.3, 0.4) is 0 Å². The molecule has 3 aromatic rings. The van der Waals surface area contributed by atoms with E-state index < -0.39 is 10.0 Å². The summed E-state index contributed by atoms with van der Waals surface area (Å²) < 4.78 is 29.4. The number of hydrogen-bond acceptors (Lipinski definition) is 4. The number of rotatable bonds is 5. The predicted molar refractivity (Wildman–Crippen MR) is 118 cm³/mol. The minimum Gasteiger partial charge on any atom is -0.347 e. The quantitative estimate of drug-likeness (QED) is 0.664. The number of amides is 1. The molecule has 1 aliphatic heterocycles. The second-order valence-electron chi connectivity index (χ2n) is 7.97. The third-order valence-corrected chi connectivity index (χ3v) is 7.48. The van der Waals surface area contributed by atoms with Crippen LogP contribution in [0.2, 0.25) is 0 Å². The monoisotopic (exact) mass is 438 g/mol. The van der Waals surface area contributed by atoms with Crippen molar-refractivity contribution in [3.8, 4) is 0 Å². The Hall–Kier alpha value is -2.97. The molecule has 31 heavy (non-hydrogen) atoms. The third kappa shape index (κ3) is 4.26. The second-order valence-corrected chi connectivity index (χ2v) is 9.91. The zero-order valence-corrected chi connectivity index (χ0v) is 18.7. The summed E-state index contributed by atoms with van der Waals surface area (Å²) in [5.74, 6) is -0.298. The Morgan fingerprint density at radius 1 is 1.10 bits per heavy atom. The van der Waals surface area contributed by atoms with Gasteiger partial charge in [-0.1, -0.05) is 47.5 Å². The van der Waals surface area contributed by atoms with E-state index in [1.807, 2.05) is 38.1 Å². The molecule has 1 amide bonds. The summed E-state index contributed by atoms with van der Waals surface area (Å²) in [5.41, 5.74) is 4.98. The molecule has 0 saturated carbocycles.